The Balaban J connectivity index is 2.17. The lowest BCUT2D eigenvalue weighted by molar-refractivity contribution is -0.274. The number of nitrogens with zero attached hydrogens (tertiary/aromatic N) is 1. The number of piperidine rings is 1. The van der Waals surface area contributed by atoms with Crippen molar-refractivity contribution >= 4 is 11.6 Å². The highest BCUT2D eigenvalue weighted by Gasteiger charge is 2.32. The van der Waals surface area contributed by atoms with Crippen LogP contribution in [0.15, 0.2) is 24.3 Å². The standard InChI is InChI=1S/C14H17F3N2O2/c1-2-18-12-7-4-8-19(13(12)20)10-5-3-6-11(9-10)21-14(15,16)17/h3,5-6,9,12,18H,2,4,7-8H2,1H3. The largest absolute Gasteiger partial charge is 0.573 e. The van der Waals surface area contributed by atoms with E-state index in [0.717, 1.165) is 12.8 Å². The minimum Gasteiger partial charge on any atom is -0.406 e. The minimum atomic E-state index is -4.74. The van der Waals surface area contributed by atoms with E-state index >= 15 is 0 Å². The number of nitrogens with one attached hydrogen (secondary N) is 1. The van der Waals surface area contributed by atoms with Gasteiger partial charge in [0.25, 0.3) is 0 Å². The molecule has 0 spiro atoms. The van der Waals surface area contributed by atoms with Gasteiger partial charge in [0.2, 0.25) is 5.91 Å². The van der Waals surface area contributed by atoms with Gasteiger partial charge in [-0.3, -0.25) is 4.79 Å². The molecule has 1 aromatic rings. The number of halogens is 3. The van der Waals surface area contributed by atoms with E-state index < -0.39 is 6.36 Å². The molecule has 0 aliphatic carbocycles. The van der Waals surface area contributed by atoms with E-state index in [1.807, 2.05) is 6.92 Å². The van der Waals surface area contributed by atoms with Gasteiger partial charge in [-0.25, -0.2) is 0 Å². The molecule has 1 aliphatic rings. The fourth-order valence-electron chi connectivity index (χ4n) is 2.42. The van der Waals surface area contributed by atoms with Crippen molar-refractivity contribution in [3.8, 4) is 5.75 Å². The molecule has 1 aromatic carbocycles. The molecule has 0 radical (unpaired) electrons. The van der Waals surface area contributed by atoms with Crippen molar-refractivity contribution in [3.05, 3.63) is 24.3 Å². The van der Waals surface area contributed by atoms with Crippen molar-refractivity contribution < 1.29 is 22.7 Å². The molecular formula is C14H17F3N2O2. The van der Waals surface area contributed by atoms with Gasteiger partial charge >= 0.3 is 6.36 Å². The number of ether oxygens (including phenoxy) is 1. The fraction of sp³-hybridized carbons (Fsp3) is 0.500. The summed E-state index contributed by atoms with van der Waals surface area (Å²) >= 11 is 0. The first-order valence-electron chi connectivity index (χ1n) is 6.81. The number of benzene rings is 1. The average Bonchev–Trinajstić information content (AvgIpc) is 2.40. The van der Waals surface area contributed by atoms with Gasteiger partial charge in [0.1, 0.15) is 5.75 Å². The van der Waals surface area contributed by atoms with Gasteiger partial charge in [-0.2, -0.15) is 0 Å². The maximum atomic E-state index is 12.3. The summed E-state index contributed by atoms with van der Waals surface area (Å²) in [5.41, 5.74) is 0.421. The van der Waals surface area contributed by atoms with Crippen molar-refractivity contribution in [3.63, 3.8) is 0 Å². The molecule has 0 saturated carbocycles. The molecule has 1 aliphatic heterocycles. The Morgan fingerprint density at radius 3 is 2.86 bits per heavy atom. The Labute approximate surface area is 120 Å². The Morgan fingerprint density at radius 2 is 2.19 bits per heavy atom. The number of hydrogen-bond acceptors (Lipinski definition) is 3. The van der Waals surface area contributed by atoms with Crippen LogP contribution >= 0.6 is 0 Å². The molecule has 21 heavy (non-hydrogen) atoms. The second kappa shape index (κ2) is 6.34. The number of rotatable bonds is 4. The molecule has 4 nitrogen and oxygen atoms in total. The van der Waals surface area contributed by atoms with Crippen molar-refractivity contribution in [2.24, 2.45) is 0 Å². The lowest BCUT2D eigenvalue weighted by Crippen LogP contribution is -2.50. The van der Waals surface area contributed by atoms with Crippen LogP contribution in [0.5, 0.6) is 5.75 Å². The van der Waals surface area contributed by atoms with Gasteiger partial charge in [0.05, 0.1) is 6.04 Å². The summed E-state index contributed by atoms with van der Waals surface area (Å²) in [6.07, 6.45) is -3.20. The van der Waals surface area contributed by atoms with Gasteiger partial charge in [-0.1, -0.05) is 13.0 Å². The van der Waals surface area contributed by atoms with Crippen molar-refractivity contribution in [2.75, 3.05) is 18.0 Å². The first kappa shape index (κ1) is 15.6. The van der Waals surface area contributed by atoms with Crippen LogP contribution in [-0.4, -0.2) is 31.4 Å². The third-order valence-corrected chi connectivity index (χ3v) is 3.25. The lowest BCUT2D eigenvalue weighted by Gasteiger charge is -2.32. The topological polar surface area (TPSA) is 41.6 Å². The number of alkyl halides is 3. The molecule has 0 aromatic heterocycles. The smallest absolute Gasteiger partial charge is 0.406 e. The Hall–Kier alpha value is -1.76. The highest BCUT2D eigenvalue weighted by atomic mass is 19.4. The maximum Gasteiger partial charge on any atom is 0.573 e. The van der Waals surface area contributed by atoms with Gasteiger partial charge < -0.3 is 15.0 Å². The summed E-state index contributed by atoms with van der Waals surface area (Å²) < 4.78 is 40.6. The Bertz CT molecular complexity index is 503. The Morgan fingerprint density at radius 1 is 1.43 bits per heavy atom. The van der Waals surface area contributed by atoms with E-state index in [2.05, 4.69) is 10.1 Å². The van der Waals surface area contributed by atoms with Gasteiger partial charge in [0.15, 0.2) is 0 Å². The summed E-state index contributed by atoms with van der Waals surface area (Å²) in [5, 5.41) is 3.08. The zero-order chi connectivity index (χ0) is 15.5. The monoisotopic (exact) mass is 302 g/mol. The number of anilines is 1. The molecule has 1 atom stereocenters. The van der Waals surface area contributed by atoms with E-state index in [9.17, 15) is 18.0 Å². The second-order valence-corrected chi connectivity index (χ2v) is 4.79. The zero-order valence-electron chi connectivity index (χ0n) is 11.6. The molecule has 2 rings (SSSR count). The molecule has 1 unspecified atom stereocenters. The van der Waals surface area contributed by atoms with Crippen LogP contribution in [0.3, 0.4) is 0 Å². The van der Waals surface area contributed by atoms with Crippen LogP contribution in [0.25, 0.3) is 0 Å². The minimum absolute atomic E-state index is 0.118. The van der Waals surface area contributed by atoms with Crippen molar-refractivity contribution in [2.45, 2.75) is 32.2 Å². The molecular weight excluding hydrogens is 285 g/mol. The van der Waals surface area contributed by atoms with Gasteiger partial charge in [0, 0.05) is 18.3 Å². The molecule has 1 N–H and O–H groups in total. The molecule has 7 heteroatoms. The predicted molar refractivity (Wildman–Crippen MR) is 72.2 cm³/mol. The zero-order valence-corrected chi connectivity index (χ0v) is 11.6. The highest BCUT2D eigenvalue weighted by molar-refractivity contribution is 5.98. The average molecular weight is 302 g/mol. The van der Waals surface area contributed by atoms with E-state index in [4.69, 9.17) is 0 Å². The molecule has 116 valence electrons. The summed E-state index contributed by atoms with van der Waals surface area (Å²) in [5.74, 6) is -0.439. The Kier molecular flexibility index (Phi) is 4.72. The van der Waals surface area contributed by atoms with E-state index in [0.29, 0.717) is 18.8 Å². The van der Waals surface area contributed by atoms with E-state index in [-0.39, 0.29) is 17.7 Å². The summed E-state index contributed by atoms with van der Waals surface area (Å²) in [4.78, 5) is 13.8. The summed E-state index contributed by atoms with van der Waals surface area (Å²) in [7, 11) is 0. The van der Waals surface area contributed by atoms with Gasteiger partial charge in [-0.15, -0.1) is 13.2 Å². The van der Waals surface area contributed by atoms with Crippen LogP contribution in [0.1, 0.15) is 19.8 Å². The molecule has 1 saturated heterocycles. The number of hydrogen-bond donors (Lipinski definition) is 1. The van der Waals surface area contributed by atoms with Crippen LogP contribution in [-0.2, 0) is 4.79 Å². The van der Waals surface area contributed by atoms with Crippen LogP contribution in [0, 0.1) is 0 Å². The molecule has 1 heterocycles. The normalized spacial score (nSPS) is 19.7. The van der Waals surface area contributed by atoms with Gasteiger partial charge in [-0.05, 0) is 31.5 Å². The SMILES string of the molecule is CCNC1CCCN(c2cccc(OC(F)(F)F)c2)C1=O. The number of carbonyl (C=O) groups excluding carboxylic acids is 1. The number of amides is 1. The molecule has 1 amide bonds. The first-order valence-corrected chi connectivity index (χ1v) is 6.81. The van der Waals surface area contributed by atoms with Crippen molar-refractivity contribution in [1.82, 2.24) is 5.32 Å². The second-order valence-electron chi connectivity index (χ2n) is 4.79. The quantitative estimate of drug-likeness (QED) is 0.930. The number of carbonyl (C=O) groups is 1. The third-order valence-electron chi connectivity index (χ3n) is 3.25. The lowest BCUT2D eigenvalue weighted by atomic mass is 10.0. The third kappa shape index (κ3) is 4.10. The van der Waals surface area contributed by atoms with E-state index in [1.54, 1.807) is 6.07 Å². The van der Waals surface area contributed by atoms with E-state index in [1.165, 1.54) is 23.1 Å². The molecule has 0 bridgehead atoms. The first-order chi connectivity index (χ1) is 9.90. The van der Waals surface area contributed by atoms with Crippen molar-refractivity contribution in [1.29, 1.82) is 0 Å². The molecule has 1 fully saturated rings. The van der Waals surface area contributed by atoms with Crippen LogP contribution in [0.2, 0.25) is 0 Å². The summed E-state index contributed by atoms with van der Waals surface area (Å²) in [6, 6.07) is 5.22. The van der Waals surface area contributed by atoms with Crippen LogP contribution in [0.4, 0.5) is 18.9 Å². The predicted octanol–water partition coefficient (Wildman–Crippen LogP) is 2.69. The highest BCUT2D eigenvalue weighted by Crippen LogP contribution is 2.28. The van der Waals surface area contributed by atoms with Crippen LogP contribution < -0.4 is 15.0 Å². The maximum absolute atomic E-state index is 12.3. The number of likely N-dealkylation sites (N-methyl/N-ethyl adjacent to an activating group) is 1. The summed E-state index contributed by atoms with van der Waals surface area (Å²) in [6.45, 7) is 3.07. The fourth-order valence-corrected chi connectivity index (χ4v) is 2.42.